The van der Waals surface area contributed by atoms with Crippen LogP contribution in [0.25, 0.3) is 0 Å². The van der Waals surface area contributed by atoms with Gasteiger partial charge in [-0.05, 0) is 74.0 Å². The lowest BCUT2D eigenvalue weighted by Gasteiger charge is -2.15. The molecule has 2 aromatic carbocycles. The van der Waals surface area contributed by atoms with Crippen molar-refractivity contribution in [1.82, 2.24) is 5.32 Å². The van der Waals surface area contributed by atoms with Crippen LogP contribution in [0.3, 0.4) is 0 Å². The van der Waals surface area contributed by atoms with E-state index in [1.807, 2.05) is 32.9 Å². The molecule has 9 nitrogen and oxygen atoms in total. The number of nitrogens with two attached hydrogens (primary N) is 3. The van der Waals surface area contributed by atoms with E-state index < -0.39 is 11.9 Å². The molecule has 35 heavy (non-hydrogen) atoms. The van der Waals surface area contributed by atoms with Crippen LogP contribution in [0.15, 0.2) is 36.4 Å². The fourth-order valence-corrected chi connectivity index (χ4v) is 2.87. The Kier molecular flexibility index (Phi) is 9.67. The van der Waals surface area contributed by atoms with E-state index in [0.717, 1.165) is 41.5 Å². The number of aldehydes is 1. The topological polar surface area (TPSA) is 182 Å². The predicted octanol–water partition coefficient (Wildman–Crippen LogP) is 3.96. The third-order valence-electron chi connectivity index (χ3n) is 4.93. The molecule has 9 heteroatoms. The maximum absolute atomic E-state index is 11.3. The molecule has 9 N–H and O–H groups in total. The zero-order chi connectivity index (χ0) is 43.0. The minimum Gasteiger partial charge on any atom is -0.508 e. The number of nitrogens with one attached hydrogen (secondary N) is 1. The third kappa shape index (κ3) is 13.1. The van der Waals surface area contributed by atoms with E-state index in [2.05, 4.69) is 5.32 Å². The molecular weight excluding hydrogens is 448 g/mol. The molecule has 0 saturated carbocycles. The zero-order valence-electron chi connectivity index (χ0n) is 37.1. The van der Waals surface area contributed by atoms with Gasteiger partial charge in [-0.3, -0.25) is 9.59 Å². The summed E-state index contributed by atoms with van der Waals surface area (Å²) >= 11 is 0. The molecule has 0 aliphatic heterocycles. The van der Waals surface area contributed by atoms with E-state index >= 15 is 0 Å². The van der Waals surface area contributed by atoms with E-state index in [0.29, 0.717) is 19.3 Å². The Balaban J connectivity index is -0.0000000565. The van der Waals surface area contributed by atoms with Gasteiger partial charge in [0.2, 0.25) is 11.8 Å². The predicted molar refractivity (Wildman–Crippen MR) is 157 cm³/mol. The van der Waals surface area contributed by atoms with Crippen molar-refractivity contribution >= 4 is 18.1 Å². The quantitative estimate of drug-likeness (QED) is 0.246. The Bertz CT molecular complexity index is 997. The molecule has 0 radical (unpaired) electrons. The zero-order valence-corrected chi connectivity index (χ0v) is 21.1. The SMILES string of the molecule is CCC=O.CCCN[C@@H](Cc1ccc(O)c(C)c1)C(N)=O.Cc1cc(C[C@H](N)C(N)=O)ccc1O.[3HH].[3H][3H].[3H][3H].[3H][3H].[3H][3H].[3H][3H].[3H][3H].[3H][3H].[3H][3H]. The van der Waals surface area contributed by atoms with Crippen molar-refractivity contribution in [2.24, 2.45) is 17.2 Å². The highest BCUT2D eigenvalue weighted by molar-refractivity contribution is 5.80. The van der Waals surface area contributed by atoms with Gasteiger partial charge in [0.15, 0.2) is 0 Å². The number of phenols is 2. The maximum atomic E-state index is 11.3. The summed E-state index contributed by atoms with van der Waals surface area (Å²) in [6, 6.07) is 9.41. The number of carbonyl (C=O) groups is 3. The number of aromatic hydroxyl groups is 2. The van der Waals surface area contributed by atoms with Crippen LogP contribution in [-0.2, 0) is 27.2 Å². The largest absolute Gasteiger partial charge is 0.508 e. The number of benzene rings is 2. The Morgan fingerprint density at radius 2 is 1.43 bits per heavy atom. The smallest absolute Gasteiger partial charge is 0.234 e. The normalized spacial score (nSPS) is 13.5. The molecular formula is C26H58N4O5. The summed E-state index contributed by atoms with van der Waals surface area (Å²) in [6.45, 7) is 8.24. The first-order valence-corrected chi connectivity index (χ1v) is 11.5. The number of hydrogen-bond donors (Lipinski definition) is 6. The van der Waals surface area contributed by atoms with Crippen molar-refractivity contribution in [3.05, 3.63) is 58.7 Å². The summed E-state index contributed by atoms with van der Waals surface area (Å²) in [5.74, 6) is -0.354. The number of phenolic OH excluding ortho intramolecular Hbond substituents is 2. The summed E-state index contributed by atoms with van der Waals surface area (Å²) in [6.07, 6.45) is 3.42. The van der Waals surface area contributed by atoms with Gasteiger partial charge < -0.3 is 37.5 Å². The number of amides is 2. The minimum absolute atomic E-state index is 0. The second-order valence-corrected chi connectivity index (χ2v) is 8.14. The molecule has 0 bridgehead atoms. The van der Waals surface area contributed by atoms with E-state index in [-0.39, 0.29) is 24.9 Å². The van der Waals surface area contributed by atoms with E-state index in [1.165, 1.54) is 0 Å². The van der Waals surface area contributed by atoms with Gasteiger partial charge in [-0.15, -0.1) is 0 Å². The van der Waals surface area contributed by atoms with Crippen LogP contribution in [0.5, 0.6) is 11.5 Å². The molecule has 0 fully saturated rings. The fraction of sp³-hybridized carbons (Fsp3) is 0.423. The molecule has 0 unspecified atom stereocenters. The lowest BCUT2D eigenvalue weighted by atomic mass is 10.0. The van der Waals surface area contributed by atoms with Gasteiger partial charge in [-0.2, -0.15) is 0 Å². The van der Waals surface area contributed by atoms with Crippen molar-refractivity contribution < 1.29 is 49.8 Å². The Labute approximate surface area is 233 Å². The van der Waals surface area contributed by atoms with Crippen LogP contribution in [0, 0.1) is 13.8 Å². The fourth-order valence-electron chi connectivity index (χ4n) is 2.87. The van der Waals surface area contributed by atoms with Crippen LogP contribution < -0.4 is 22.5 Å². The molecule has 0 aliphatic rings. The summed E-state index contributed by atoms with van der Waals surface area (Å²) < 4.78 is 80.0. The van der Waals surface area contributed by atoms with Crippen molar-refractivity contribution in [3.8, 4) is 11.5 Å². The summed E-state index contributed by atoms with van der Waals surface area (Å²) in [4.78, 5) is 31.1. The number of aryl methyl sites for hydroxylation is 2. The molecule has 2 amide bonds. The minimum atomic E-state index is -0.668. The molecule has 2 atom stereocenters. The summed E-state index contributed by atoms with van der Waals surface area (Å²) in [5.41, 5.74) is 19.3. The second-order valence-electron chi connectivity index (χ2n) is 8.14. The Hall–Kier alpha value is -3.43. The Morgan fingerprint density at radius 1 is 0.971 bits per heavy atom. The summed E-state index contributed by atoms with van der Waals surface area (Å²) in [7, 11) is 0. The van der Waals surface area contributed by atoms with Crippen LogP contribution >= 0.6 is 0 Å². The van der Waals surface area contributed by atoms with Gasteiger partial charge in [0.25, 0.3) is 0 Å². The number of rotatable bonds is 10. The summed E-state index contributed by atoms with van der Waals surface area (Å²) in [5, 5.41) is 21.8. The average molecular weight is 541 g/mol. The molecule has 0 spiro atoms. The van der Waals surface area contributed by atoms with Gasteiger partial charge in [0.05, 0.1) is 12.1 Å². The van der Waals surface area contributed by atoms with Crippen molar-refractivity contribution in [2.75, 3.05) is 6.54 Å². The first-order chi connectivity index (χ1) is 24.5. The standard InChI is InChI=1S/C13H20N2O2.C10H14N2O2.C3H6O.9H2/c1-3-6-15-11(13(14)17)8-10-4-5-12(16)9(2)7-10;1-6-4-7(2-3-9(6)13)5-8(11)10(12)14;1-2-3-4;;;;;;;;;/h4-5,7,11,15-16H,3,6,8H2,1-2H3,(H2,14,17);2-4,8,13H,5,11H2,1H3,(H2,12,14);3H,2H2,1H3;9*1H/t11-;8-;;;;;;;;;;/m00........../s1/i;;;8*1+2T;1+2. The molecule has 0 heterocycles. The molecule has 0 aliphatic carbocycles. The number of primary amides is 2. The third-order valence-corrected chi connectivity index (χ3v) is 4.93. The highest BCUT2D eigenvalue weighted by Crippen LogP contribution is 2.18. The van der Waals surface area contributed by atoms with Crippen LogP contribution in [0.1, 0.15) is 74.1 Å². The van der Waals surface area contributed by atoms with Gasteiger partial charge in [-0.25, -0.2) is 0 Å². The number of carbonyl (C=O) groups excluding carboxylic acids is 3. The van der Waals surface area contributed by atoms with Crippen molar-refractivity contribution in [3.63, 3.8) is 0 Å². The van der Waals surface area contributed by atoms with E-state index in [9.17, 15) is 24.6 Å². The lowest BCUT2D eigenvalue weighted by molar-refractivity contribution is -0.120. The van der Waals surface area contributed by atoms with Crippen LogP contribution in [0.2, 0.25) is 0 Å². The highest BCUT2D eigenvalue weighted by atomic mass is 16.3. The van der Waals surface area contributed by atoms with E-state index in [4.69, 9.17) is 41.0 Å². The first kappa shape index (κ1) is 19.8. The van der Waals surface area contributed by atoms with Crippen molar-refractivity contribution in [2.45, 2.75) is 65.5 Å². The van der Waals surface area contributed by atoms with Gasteiger partial charge in [-0.1, -0.05) is 38.1 Å². The lowest BCUT2D eigenvalue weighted by Crippen LogP contribution is -2.43. The number of hydrogen-bond acceptors (Lipinski definition) is 7. The molecule has 0 saturated heterocycles. The second kappa shape index (κ2) is 17.1. The molecule has 0 aromatic heterocycles. The highest BCUT2D eigenvalue weighted by Gasteiger charge is 2.15. The van der Waals surface area contributed by atoms with Gasteiger partial charge in [0.1, 0.15) is 17.8 Å². The van der Waals surface area contributed by atoms with E-state index in [1.54, 1.807) is 31.2 Å². The van der Waals surface area contributed by atoms with Gasteiger partial charge >= 0.3 is 0 Å². The average Bonchev–Trinajstić information content (AvgIpc) is 3.19. The first-order valence-electron chi connectivity index (χ1n) is 19.5. The van der Waals surface area contributed by atoms with Crippen LogP contribution in [0.4, 0.5) is 0 Å². The Morgan fingerprint density at radius 3 is 1.77 bits per heavy atom. The van der Waals surface area contributed by atoms with Crippen LogP contribution in [-0.4, -0.2) is 46.9 Å². The molecule has 2 rings (SSSR count). The van der Waals surface area contributed by atoms with Crippen molar-refractivity contribution in [1.29, 1.82) is 0 Å². The molecule has 2 aromatic rings. The monoisotopic (exact) mass is 541 g/mol. The maximum Gasteiger partial charge on any atom is 0.234 e. The molecule has 212 valence electrons. The van der Waals surface area contributed by atoms with Gasteiger partial charge in [0, 0.05) is 31.6 Å².